The summed E-state index contributed by atoms with van der Waals surface area (Å²) in [5, 5.41) is 19.6. The van der Waals surface area contributed by atoms with E-state index in [1.807, 2.05) is 0 Å². The number of aliphatic hydroxyl groups excluding tert-OH is 1. The topological polar surface area (TPSA) is 108 Å². The molecule has 0 spiro atoms. The Bertz CT molecular complexity index is 1230. The molecule has 0 saturated heterocycles. The van der Waals surface area contributed by atoms with E-state index in [4.69, 9.17) is 4.42 Å². The van der Waals surface area contributed by atoms with Gasteiger partial charge in [-0.1, -0.05) is 0 Å². The number of benzene rings is 2. The Morgan fingerprint density at radius 3 is 2.43 bits per heavy atom. The third kappa shape index (κ3) is 3.66. The maximum atomic E-state index is 13.3. The minimum atomic E-state index is -3.68. The number of aromatic carboxylic acids is 1. The fourth-order valence-electron chi connectivity index (χ4n) is 3.66. The largest absolute Gasteiger partial charge is 0.478 e. The fourth-order valence-corrected chi connectivity index (χ4v) is 4.59. The molecule has 4 rings (SSSR count). The number of sulfonamides is 1. The van der Waals surface area contributed by atoms with Gasteiger partial charge in [0.1, 0.15) is 22.7 Å². The van der Waals surface area contributed by atoms with Gasteiger partial charge < -0.3 is 14.6 Å². The van der Waals surface area contributed by atoms with E-state index in [1.54, 1.807) is 6.07 Å². The maximum Gasteiger partial charge on any atom is 0.340 e. The predicted octanol–water partition coefficient (Wildman–Crippen LogP) is 3.57. The second-order valence-corrected chi connectivity index (χ2v) is 9.27. The first-order valence-corrected chi connectivity index (χ1v) is 11.2. The number of hydrogen-bond acceptors (Lipinski definition) is 5. The summed E-state index contributed by atoms with van der Waals surface area (Å²) in [6.07, 6.45) is 2.78. The van der Waals surface area contributed by atoms with Crippen molar-refractivity contribution in [3.8, 4) is 11.3 Å². The number of carboxylic acid groups (broad SMARTS) is 1. The van der Waals surface area contributed by atoms with Gasteiger partial charge in [-0.2, -0.15) is 0 Å². The molecule has 1 aliphatic rings. The number of furan rings is 1. The van der Waals surface area contributed by atoms with Crippen molar-refractivity contribution in [1.82, 2.24) is 0 Å². The quantitative estimate of drug-likeness (QED) is 0.590. The van der Waals surface area contributed by atoms with Crippen molar-refractivity contribution < 1.29 is 32.2 Å². The Morgan fingerprint density at radius 2 is 1.90 bits per heavy atom. The van der Waals surface area contributed by atoms with E-state index in [2.05, 4.69) is 0 Å². The van der Waals surface area contributed by atoms with E-state index in [0.29, 0.717) is 22.2 Å². The standard InChI is InChI=1S/C21H20FNO6S/c1-30(27,28)23(8-9-24)17-11-18-16(10-15(17)12-2-3-12)19(21(25)26)20(29-18)13-4-6-14(22)7-5-13/h4-7,10-12,24H,2-3,8-9H2,1H3,(H,25,26). The summed E-state index contributed by atoms with van der Waals surface area (Å²) >= 11 is 0. The summed E-state index contributed by atoms with van der Waals surface area (Å²) in [5.74, 6) is -1.47. The maximum absolute atomic E-state index is 13.3. The van der Waals surface area contributed by atoms with Crippen LogP contribution in [0.3, 0.4) is 0 Å². The fraction of sp³-hybridized carbons (Fsp3) is 0.286. The van der Waals surface area contributed by atoms with E-state index in [0.717, 1.165) is 23.4 Å². The van der Waals surface area contributed by atoms with E-state index < -0.39 is 21.8 Å². The Hall–Kier alpha value is -2.91. The van der Waals surface area contributed by atoms with Crippen LogP contribution < -0.4 is 4.31 Å². The van der Waals surface area contributed by atoms with Gasteiger partial charge >= 0.3 is 5.97 Å². The van der Waals surface area contributed by atoms with E-state index in [1.165, 1.54) is 30.3 Å². The van der Waals surface area contributed by atoms with Gasteiger partial charge in [-0.25, -0.2) is 17.6 Å². The highest BCUT2D eigenvalue weighted by Crippen LogP contribution is 2.48. The van der Waals surface area contributed by atoms with Crippen LogP contribution in [0, 0.1) is 5.82 Å². The second-order valence-electron chi connectivity index (χ2n) is 7.36. The van der Waals surface area contributed by atoms with Crippen molar-refractivity contribution in [3.63, 3.8) is 0 Å². The Kier molecular flexibility index (Phi) is 5.03. The van der Waals surface area contributed by atoms with Gasteiger partial charge in [-0.15, -0.1) is 0 Å². The van der Waals surface area contributed by atoms with Crippen molar-refractivity contribution in [3.05, 3.63) is 53.3 Å². The van der Waals surface area contributed by atoms with Crippen LogP contribution in [-0.4, -0.2) is 44.0 Å². The van der Waals surface area contributed by atoms with Crippen LogP contribution in [0.15, 0.2) is 40.8 Å². The van der Waals surface area contributed by atoms with Gasteiger partial charge in [0.2, 0.25) is 10.0 Å². The minimum Gasteiger partial charge on any atom is -0.478 e. The first-order valence-electron chi connectivity index (χ1n) is 9.39. The van der Waals surface area contributed by atoms with E-state index in [9.17, 15) is 27.8 Å². The Morgan fingerprint density at radius 1 is 1.23 bits per heavy atom. The van der Waals surface area contributed by atoms with Crippen molar-refractivity contribution in [1.29, 1.82) is 0 Å². The number of nitrogens with zero attached hydrogens (tertiary/aromatic N) is 1. The van der Waals surface area contributed by atoms with Crippen molar-refractivity contribution in [2.45, 2.75) is 18.8 Å². The molecule has 1 aliphatic carbocycles. The third-order valence-corrected chi connectivity index (χ3v) is 6.33. The van der Waals surface area contributed by atoms with Gasteiger partial charge in [-0.05, 0) is 54.7 Å². The van der Waals surface area contributed by atoms with Gasteiger partial charge in [0.05, 0.1) is 25.1 Å². The molecule has 3 aromatic rings. The summed E-state index contributed by atoms with van der Waals surface area (Å²) in [7, 11) is -3.68. The Balaban J connectivity index is 1.99. The van der Waals surface area contributed by atoms with Crippen LogP contribution in [0.4, 0.5) is 10.1 Å². The zero-order valence-electron chi connectivity index (χ0n) is 16.1. The molecule has 9 heteroatoms. The molecule has 1 fully saturated rings. The summed E-state index contributed by atoms with van der Waals surface area (Å²) < 4.78 is 44.9. The molecular weight excluding hydrogens is 413 g/mol. The highest BCUT2D eigenvalue weighted by molar-refractivity contribution is 7.92. The molecule has 30 heavy (non-hydrogen) atoms. The molecule has 0 bridgehead atoms. The second kappa shape index (κ2) is 7.41. The molecule has 158 valence electrons. The lowest BCUT2D eigenvalue weighted by molar-refractivity contribution is 0.0699. The molecule has 0 atom stereocenters. The van der Waals surface area contributed by atoms with Crippen molar-refractivity contribution in [2.75, 3.05) is 23.7 Å². The normalized spacial score (nSPS) is 14.2. The number of fused-ring (bicyclic) bond motifs is 1. The molecule has 1 aromatic heterocycles. The lowest BCUT2D eigenvalue weighted by Gasteiger charge is -2.24. The van der Waals surface area contributed by atoms with Gasteiger partial charge in [0, 0.05) is 17.0 Å². The lowest BCUT2D eigenvalue weighted by atomic mass is 10.0. The van der Waals surface area contributed by atoms with Gasteiger partial charge in [0.15, 0.2) is 0 Å². The summed E-state index contributed by atoms with van der Waals surface area (Å²) in [4.78, 5) is 12.0. The summed E-state index contributed by atoms with van der Waals surface area (Å²) in [5.41, 5.74) is 1.62. The van der Waals surface area contributed by atoms with Gasteiger partial charge in [0.25, 0.3) is 0 Å². The molecule has 1 saturated carbocycles. The number of anilines is 1. The average molecular weight is 433 g/mol. The molecule has 0 aliphatic heterocycles. The van der Waals surface area contributed by atoms with Crippen LogP contribution in [0.25, 0.3) is 22.3 Å². The monoisotopic (exact) mass is 433 g/mol. The number of carbonyl (C=O) groups is 1. The molecular formula is C21H20FNO6S. The Labute approximate surface area is 172 Å². The van der Waals surface area contributed by atoms with Crippen molar-refractivity contribution >= 4 is 32.6 Å². The van der Waals surface area contributed by atoms with Gasteiger partial charge in [-0.3, -0.25) is 4.31 Å². The van der Waals surface area contributed by atoms with E-state index in [-0.39, 0.29) is 36.0 Å². The number of carboxylic acids is 1. The number of aliphatic hydroxyl groups is 1. The molecule has 0 radical (unpaired) electrons. The van der Waals surface area contributed by atoms with Crippen LogP contribution in [0.1, 0.15) is 34.7 Å². The number of halogens is 1. The van der Waals surface area contributed by atoms with E-state index >= 15 is 0 Å². The molecule has 0 amide bonds. The predicted molar refractivity (Wildman–Crippen MR) is 110 cm³/mol. The van der Waals surface area contributed by atoms with Crippen LogP contribution in [-0.2, 0) is 10.0 Å². The zero-order valence-corrected chi connectivity index (χ0v) is 16.9. The first kappa shape index (κ1) is 20.4. The smallest absolute Gasteiger partial charge is 0.340 e. The highest BCUT2D eigenvalue weighted by atomic mass is 32.2. The highest BCUT2D eigenvalue weighted by Gasteiger charge is 2.33. The number of hydrogen-bond donors (Lipinski definition) is 2. The molecule has 0 unspecified atom stereocenters. The zero-order chi connectivity index (χ0) is 21.6. The average Bonchev–Trinajstić information content (AvgIpc) is 3.45. The molecule has 1 heterocycles. The molecule has 2 N–H and O–H groups in total. The summed E-state index contributed by atoms with van der Waals surface area (Å²) in [6.45, 7) is -0.490. The van der Waals surface area contributed by atoms with Crippen LogP contribution in [0.5, 0.6) is 0 Å². The number of rotatable bonds is 7. The van der Waals surface area contributed by atoms with Crippen molar-refractivity contribution in [2.24, 2.45) is 0 Å². The molecule has 2 aromatic carbocycles. The SMILES string of the molecule is CS(=O)(=O)N(CCO)c1cc2oc(-c3ccc(F)cc3)c(C(=O)O)c2cc1C1CC1. The minimum absolute atomic E-state index is 0.0573. The summed E-state index contributed by atoms with van der Waals surface area (Å²) in [6, 6.07) is 8.45. The first-order chi connectivity index (χ1) is 14.2. The third-order valence-electron chi connectivity index (χ3n) is 5.15. The lowest BCUT2D eigenvalue weighted by Crippen LogP contribution is -2.33. The molecule has 7 nitrogen and oxygen atoms in total. The van der Waals surface area contributed by atoms with Crippen LogP contribution in [0.2, 0.25) is 0 Å². The van der Waals surface area contributed by atoms with Crippen LogP contribution >= 0.6 is 0 Å².